The molecule has 1 atom stereocenters. The molecule has 0 spiro atoms. The molecule has 1 amide bonds. The number of hydrogen-bond acceptors (Lipinski definition) is 4. The number of rotatable bonds is 8. The van der Waals surface area contributed by atoms with E-state index >= 15 is 0 Å². The highest BCUT2D eigenvalue weighted by Crippen LogP contribution is 2.28. The maximum absolute atomic E-state index is 12.3. The maximum atomic E-state index is 12.3. The van der Waals surface area contributed by atoms with Gasteiger partial charge in [0.1, 0.15) is 11.5 Å². The fraction of sp³-hybridized carbons (Fsp3) is 0.529. The van der Waals surface area contributed by atoms with Crippen molar-refractivity contribution >= 4 is 11.9 Å². The summed E-state index contributed by atoms with van der Waals surface area (Å²) in [5.74, 6) is -0.288. The number of aliphatic carboxylic acids is 1. The van der Waals surface area contributed by atoms with Crippen molar-refractivity contribution in [2.24, 2.45) is 5.92 Å². The average Bonchev–Trinajstić information content (AvgIpc) is 3.34. The quantitative estimate of drug-likeness (QED) is 0.793. The molecular formula is C17H23NO5. The van der Waals surface area contributed by atoms with Crippen molar-refractivity contribution in [1.29, 1.82) is 0 Å². The van der Waals surface area contributed by atoms with Gasteiger partial charge in [-0.05, 0) is 43.5 Å². The van der Waals surface area contributed by atoms with Gasteiger partial charge in [0.15, 0.2) is 6.61 Å². The summed E-state index contributed by atoms with van der Waals surface area (Å²) in [5, 5.41) is 9.02. The summed E-state index contributed by atoms with van der Waals surface area (Å²) in [5.41, 5.74) is 0.927. The number of ether oxygens (including phenoxy) is 2. The lowest BCUT2D eigenvalue weighted by Crippen LogP contribution is -2.41. The second-order valence-electron chi connectivity index (χ2n) is 5.94. The number of carbonyl (C=O) groups is 2. The Bertz CT molecular complexity index is 582. The van der Waals surface area contributed by atoms with Gasteiger partial charge in [0.25, 0.3) is 5.91 Å². The summed E-state index contributed by atoms with van der Waals surface area (Å²) in [6, 6.07) is 5.51. The third-order valence-corrected chi connectivity index (χ3v) is 3.93. The van der Waals surface area contributed by atoms with Crippen molar-refractivity contribution in [1.82, 2.24) is 4.90 Å². The normalized spacial score (nSPS) is 14.9. The first kappa shape index (κ1) is 17.1. The molecule has 1 aromatic rings. The van der Waals surface area contributed by atoms with Gasteiger partial charge in [-0.2, -0.15) is 0 Å². The zero-order valence-corrected chi connectivity index (χ0v) is 13.7. The molecule has 1 aromatic carbocycles. The molecular weight excluding hydrogens is 298 g/mol. The van der Waals surface area contributed by atoms with E-state index in [2.05, 4.69) is 0 Å². The fourth-order valence-corrected chi connectivity index (χ4v) is 2.38. The number of aryl methyl sites for hydroxylation is 1. The van der Waals surface area contributed by atoms with E-state index in [1.807, 2.05) is 13.0 Å². The number of carboxylic acids is 1. The Labute approximate surface area is 136 Å². The van der Waals surface area contributed by atoms with Gasteiger partial charge in [0, 0.05) is 12.6 Å². The van der Waals surface area contributed by atoms with E-state index in [4.69, 9.17) is 14.6 Å². The summed E-state index contributed by atoms with van der Waals surface area (Å²) >= 11 is 0. The van der Waals surface area contributed by atoms with Crippen molar-refractivity contribution in [2.45, 2.75) is 32.7 Å². The highest BCUT2D eigenvalue weighted by molar-refractivity contribution is 5.79. The van der Waals surface area contributed by atoms with Crippen LogP contribution in [0.5, 0.6) is 11.5 Å². The Morgan fingerprint density at radius 1 is 1.39 bits per heavy atom. The standard InChI is InChI=1S/C17H23NO5/c1-11-8-14(6-7-15(11)22-3)23-10-16(19)18(13-4-5-13)9-12(2)17(20)21/h6-8,12-13H,4-5,9-10H2,1-3H3,(H,20,21). The molecule has 1 fully saturated rings. The van der Waals surface area contributed by atoms with Crippen LogP contribution < -0.4 is 9.47 Å². The van der Waals surface area contributed by atoms with Crippen LogP contribution in [0.1, 0.15) is 25.3 Å². The SMILES string of the molecule is COc1ccc(OCC(=O)N(CC(C)C(=O)O)C2CC2)cc1C. The summed E-state index contributed by atoms with van der Waals surface area (Å²) in [4.78, 5) is 25.0. The van der Waals surface area contributed by atoms with Gasteiger partial charge < -0.3 is 19.5 Å². The molecule has 2 rings (SSSR count). The number of hydrogen-bond donors (Lipinski definition) is 1. The molecule has 0 radical (unpaired) electrons. The summed E-state index contributed by atoms with van der Waals surface area (Å²) in [6.07, 6.45) is 1.86. The van der Waals surface area contributed by atoms with Crippen LogP contribution in [-0.4, -0.2) is 48.2 Å². The lowest BCUT2D eigenvalue weighted by molar-refractivity contribution is -0.143. The van der Waals surface area contributed by atoms with E-state index in [9.17, 15) is 9.59 Å². The Balaban J connectivity index is 1.94. The minimum absolute atomic E-state index is 0.0887. The Morgan fingerprint density at radius 2 is 2.09 bits per heavy atom. The topological polar surface area (TPSA) is 76.1 Å². The molecule has 126 valence electrons. The molecule has 0 aromatic heterocycles. The molecule has 0 bridgehead atoms. The van der Waals surface area contributed by atoms with Crippen LogP contribution in [-0.2, 0) is 9.59 Å². The Hall–Kier alpha value is -2.24. The number of nitrogens with zero attached hydrogens (tertiary/aromatic N) is 1. The van der Waals surface area contributed by atoms with E-state index in [1.165, 1.54) is 0 Å². The van der Waals surface area contributed by atoms with Crippen molar-refractivity contribution in [3.05, 3.63) is 23.8 Å². The van der Waals surface area contributed by atoms with Crippen LogP contribution in [0.25, 0.3) is 0 Å². The van der Waals surface area contributed by atoms with Crippen molar-refractivity contribution in [2.75, 3.05) is 20.3 Å². The van der Waals surface area contributed by atoms with Gasteiger partial charge >= 0.3 is 5.97 Å². The number of carbonyl (C=O) groups excluding carboxylic acids is 1. The van der Waals surface area contributed by atoms with Crippen molar-refractivity contribution in [3.8, 4) is 11.5 Å². The van der Waals surface area contributed by atoms with Crippen LogP contribution in [0.15, 0.2) is 18.2 Å². The van der Waals surface area contributed by atoms with Gasteiger partial charge in [0.2, 0.25) is 0 Å². The van der Waals surface area contributed by atoms with Gasteiger partial charge in [-0.1, -0.05) is 6.92 Å². The Kier molecular flexibility index (Phi) is 5.47. The van der Waals surface area contributed by atoms with Crippen LogP contribution in [0.3, 0.4) is 0 Å². The van der Waals surface area contributed by atoms with Crippen LogP contribution in [0.2, 0.25) is 0 Å². The van der Waals surface area contributed by atoms with Gasteiger partial charge in [-0.15, -0.1) is 0 Å². The first-order valence-corrected chi connectivity index (χ1v) is 7.72. The monoisotopic (exact) mass is 321 g/mol. The van der Waals surface area contributed by atoms with Gasteiger partial charge in [-0.3, -0.25) is 9.59 Å². The maximum Gasteiger partial charge on any atom is 0.308 e. The largest absolute Gasteiger partial charge is 0.496 e. The summed E-state index contributed by atoms with van der Waals surface area (Å²) in [7, 11) is 1.60. The predicted octanol–water partition coefficient (Wildman–Crippen LogP) is 2.09. The van der Waals surface area contributed by atoms with Crippen molar-refractivity contribution in [3.63, 3.8) is 0 Å². The smallest absolute Gasteiger partial charge is 0.308 e. The molecule has 1 saturated carbocycles. The van der Waals surface area contributed by atoms with Crippen molar-refractivity contribution < 1.29 is 24.2 Å². The molecule has 23 heavy (non-hydrogen) atoms. The van der Waals surface area contributed by atoms with E-state index in [0.717, 1.165) is 24.2 Å². The summed E-state index contributed by atoms with van der Waals surface area (Å²) in [6.45, 7) is 3.65. The van der Waals surface area contributed by atoms with Crippen LogP contribution in [0.4, 0.5) is 0 Å². The molecule has 6 nitrogen and oxygen atoms in total. The number of carboxylic acid groups (broad SMARTS) is 1. The molecule has 0 saturated heterocycles. The molecule has 6 heteroatoms. The number of methoxy groups -OCH3 is 1. The van der Waals surface area contributed by atoms with E-state index in [1.54, 1.807) is 31.1 Å². The third-order valence-electron chi connectivity index (χ3n) is 3.93. The zero-order chi connectivity index (χ0) is 17.0. The molecule has 1 N–H and O–H groups in total. The molecule has 0 heterocycles. The van der Waals surface area contributed by atoms with E-state index < -0.39 is 11.9 Å². The second kappa shape index (κ2) is 7.35. The number of benzene rings is 1. The van der Waals surface area contributed by atoms with Crippen LogP contribution >= 0.6 is 0 Å². The van der Waals surface area contributed by atoms with Gasteiger partial charge in [0.05, 0.1) is 13.0 Å². The van der Waals surface area contributed by atoms with E-state index in [-0.39, 0.29) is 25.1 Å². The fourth-order valence-electron chi connectivity index (χ4n) is 2.38. The molecule has 0 aliphatic heterocycles. The second-order valence-corrected chi connectivity index (χ2v) is 5.94. The first-order chi connectivity index (χ1) is 10.9. The summed E-state index contributed by atoms with van der Waals surface area (Å²) < 4.78 is 10.7. The first-order valence-electron chi connectivity index (χ1n) is 7.72. The Morgan fingerprint density at radius 3 is 2.61 bits per heavy atom. The zero-order valence-electron chi connectivity index (χ0n) is 13.7. The van der Waals surface area contributed by atoms with E-state index in [0.29, 0.717) is 5.75 Å². The molecule has 1 aliphatic carbocycles. The predicted molar refractivity (Wildman–Crippen MR) is 84.8 cm³/mol. The number of amides is 1. The minimum Gasteiger partial charge on any atom is -0.496 e. The highest BCUT2D eigenvalue weighted by Gasteiger charge is 2.34. The lowest BCUT2D eigenvalue weighted by Gasteiger charge is -2.24. The third kappa shape index (κ3) is 4.61. The molecule has 1 aliphatic rings. The molecule has 1 unspecified atom stereocenters. The minimum atomic E-state index is -0.893. The van der Waals surface area contributed by atoms with Crippen LogP contribution in [0, 0.1) is 12.8 Å². The average molecular weight is 321 g/mol. The highest BCUT2D eigenvalue weighted by atomic mass is 16.5. The van der Waals surface area contributed by atoms with Gasteiger partial charge in [-0.25, -0.2) is 0 Å². The lowest BCUT2D eigenvalue weighted by atomic mass is 10.1.